The van der Waals surface area contributed by atoms with Gasteiger partial charge in [-0.05, 0) is 29.9 Å². The van der Waals surface area contributed by atoms with E-state index in [1.54, 1.807) is 0 Å². The molecule has 11 heavy (non-hydrogen) atoms. The second-order valence-corrected chi connectivity index (χ2v) is 3.49. The van der Waals surface area contributed by atoms with Gasteiger partial charge in [0.1, 0.15) is 0 Å². The Labute approximate surface area is 73.0 Å². The molecule has 1 heteroatoms. The Morgan fingerprint density at radius 1 is 1.36 bits per heavy atom. The maximum atomic E-state index is 4.25. The van der Waals surface area contributed by atoms with Gasteiger partial charge >= 0.3 is 0 Å². The molecule has 1 fully saturated rings. The molecule has 0 saturated heterocycles. The molecule has 0 aliphatic heterocycles. The Hall–Kier alpha value is -0.430. The summed E-state index contributed by atoms with van der Waals surface area (Å²) in [5.74, 6) is 1.73. The van der Waals surface area contributed by atoms with Crippen LogP contribution >= 0.6 is 12.6 Å². The van der Waals surface area contributed by atoms with Crippen molar-refractivity contribution in [1.29, 1.82) is 0 Å². The Bertz CT molecular complexity index is 251. The van der Waals surface area contributed by atoms with Gasteiger partial charge in [-0.25, -0.2) is 0 Å². The molecule has 0 nitrogen and oxygen atoms in total. The summed E-state index contributed by atoms with van der Waals surface area (Å²) in [6.07, 6.45) is 2.77. The highest BCUT2D eigenvalue weighted by Gasteiger charge is 2.22. The Balaban J connectivity index is 2.26. The molecular formula is C10H12S. The first-order chi connectivity index (χ1) is 5.40. The predicted octanol–water partition coefficient (Wildman–Crippen LogP) is 2.99. The van der Waals surface area contributed by atoms with E-state index < -0.39 is 0 Å². The van der Waals surface area contributed by atoms with Gasteiger partial charge in [0.25, 0.3) is 0 Å². The highest BCUT2D eigenvalue weighted by atomic mass is 32.1. The van der Waals surface area contributed by atoms with Gasteiger partial charge in [-0.3, -0.25) is 0 Å². The van der Waals surface area contributed by atoms with E-state index in [2.05, 4.69) is 36.9 Å². The fourth-order valence-corrected chi connectivity index (χ4v) is 1.56. The summed E-state index contributed by atoms with van der Waals surface area (Å²) < 4.78 is 0. The molecule has 1 aliphatic carbocycles. The lowest BCUT2D eigenvalue weighted by Crippen LogP contribution is -1.82. The summed E-state index contributed by atoms with van der Waals surface area (Å²) in [6, 6.07) is 8.79. The maximum Gasteiger partial charge on any atom is 0.0154 e. The minimum atomic E-state index is 0.862. The molecule has 1 aromatic carbocycles. The van der Waals surface area contributed by atoms with E-state index in [0.717, 1.165) is 11.7 Å². The summed E-state index contributed by atoms with van der Waals surface area (Å²) in [7, 11) is 0. The molecule has 0 aromatic heterocycles. The Morgan fingerprint density at radius 3 is 2.82 bits per heavy atom. The lowest BCUT2D eigenvalue weighted by Gasteiger charge is -1.99. The molecule has 0 N–H and O–H groups in total. The second kappa shape index (κ2) is 2.90. The number of thiol groups is 1. The largest absolute Gasteiger partial charge is 0.175 e. The fourth-order valence-electron chi connectivity index (χ4n) is 1.36. The molecule has 0 amide bonds. The van der Waals surface area contributed by atoms with E-state index in [4.69, 9.17) is 0 Å². The van der Waals surface area contributed by atoms with Crippen LogP contribution in [0.25, 0.3) is 0 Å². The van der Waals surface area contributed by atoms with E-state index in [-0.39, 0.29) is 0 Å². The van der Waals surface area contributed by atoms with Crippen molar-refractivity contribution >= 4 is 12.6 Å². The number of hydrogen-bond donors (Lipinski definition) is 1. The van der Waals surface area contributed by atoms with Crippen molar-refractivity contribution in [2.24, 2.45) is 0 Å². The fraction of sp³-hybridized carbons (Fsp3) is 0.400. The minimum absolute atomic E-state index is 0.862. The zero-order chi connectivity index (χ0) is 7.68. The van der Waals surface area contributed by atoms with Gasteiger partial charge in [0, 0.05) is 5.75 Å². The Kier molecular flexibility index (Phi) is 1.91. The number of hydrogen-bond acceptors (Lipinski definition) is 1. The molecule has 0 unspecified atom stereocenters. The Morgan fingerprint density at radius 2 is 2.18 bits per heavy atom. The van der Waals surface area contributed by atoms with Gasteiger partial charge < -0.3 is 0 Å². The van der Waals surface area contributed by atoms with Crippen molar-refractivity contribution in [2.45, 2.75) is 24.5 Å². The first-order valence-electron chi connectivity index (χ1n) is 4.10. The van der Waals surface area contributed by atoms with Crippen LogP contribution in [0.3, 0.4) is 0 Å². The van der Waals surface area contributed by atoms with Crippen LogP contribution in [-0.2, 0) is 5.75 Å². The van der Waals surface area contributed by atoms with Gasteiger partial charge in [-0.1, -0.05) is 24.3 Å². The predicted molar refractivity (Wildman–Crippen MR) is 51.1 cm³/mol. The van der Waals surface area contributed by atoms with Crippen molar-refractivity contribution in [2.75, 3.05) is 0 Å². The molecule has 1 aromatic rings. The van der Waals surface area contributed by atoms with Gasteiger partial charge in [0.2, 0.25) is 0 Å². The average Bonchev–Trinajstić information content (AvgIpc) is 2.87. The topological polar surface area (TPSA) is 0 Å². The van der Waals surface area contributed by atoms with Crippen LogP contribution in [0.5, 0.6) is 0 Å². The van der Waals surface area contributed by atoms with Crippen LogP contribution < -0.4 is 0 Å². The first-order valence-corrected chi connectivity index (χ1v) is 4.73. The molecule has 0 bridgehead atoms. The zero-order valence-corrected chi connectivity index (χ0v) is 7.35. The van der Waals surface area contributed by atoms with Crippen molar-refractivity contribution in [3.63, 3.8) is 0 Å². The van der Waals surface area contributed by atoms with E-state index in [9.17, 15) is 0 Å². The van der Waals surface area contributed by atoms with E-state index in [1.807, 2.05) is 0 Å². The molecular weight excluding hydrogens is 152 g/mol. The summed E-state index contributed by atoms with van der Waals surface area (Å²) in [5, 5.41) is 0. The van der Waals surface area contributed by atoms with Crippen molar-refractivity contribution in [1.82, 2.24) is 0 Å². The van der Waals surface area contributed by atoms with Crippen molar-refractivity contribution < 1.29 is 0 Å². The summed E-state index contributed by atoms with van der Waals surface area (Å²) in [5.41, 5.74) is 2.86. The second-order valence-electron chi connectivity index (χ2n) is 3.18. The van der Waals surface area contributed by atoms with E-state index in [0.29, 0.717) is 0 Å². The molecule has 1 aliphatic rings. The maximum absolute atomic E-state index is 4.25. The number of rotatable bonds is 2. The summed E-state index contributed by atoms with van der Waals surface area (Å²) in [4.78, 5) is 0. The number of benzene rings is 1. The smallest absolute Gasteiger partial charge is 0.0154 e. The zero-order valence-electron chi connectivity index (χ0n) is 6.46. The van der Waals surface area contributed by atoms with Crippen LogP contribution in [0.2, 0.25) is 0 Å². The van der Waals surface area contributed by atoms with Gasteiger partial charge in [0.05, 0.1) is 0 Å². The molecule has 0 radical (unpaired) electrons. The summed E-state index contributed by atoms with van der Waals surface area (Å²) >= 11 is 4.25. The first kappa shape index (κ1) is 7.23. The highest BCUT2D eigenvalue weighted by Crippen LogP contribution is 2.40. The van der Waals surface area contributed by atoms with Crippen LogP contribution in [-0.4, -0.2) is 0 Å². The lowest BCUT2D eigenvalue weighted by molar-refractivity contribution is 1.12. The monoisotopic (exact) mass is 164 g/mol. The molecule has 1 saturated carbocycles. The van der Waals surface area contributed by atoms with Gasteiger partial charge in [-0.15, -0.1) is 0 Å². The molecule has 0 heterocycles. The van der Waals surface area contributed by atoms with E-state index >= 15 is 0 Å². The van der Waals surface area contributed by atoms with Gasteiger partial charge in [0.15, 0.2) is 0 Å². The molecule has 0 spiro atoms. The lowest BCUT2D eigenvalue weighted by atomic mass is 10.1. The standard InChI is InChI=1S/C10H12S/c11-7-8-2-1-3-10(6-8)9-4-5-9/h1-3,6,9,11H,4-5,7H2. The molecule has 58 valence electrons. The minimum Gasteiger partial charge on any atom is -0.175 e. The summed E-state index contributed by atoms with van der Waals surface area (Å²) in [6.45, 7) is 0. The molecule has 0 atom stereocenters. The van der Waals surface area contributed by atoms with Crippen molar-refractivity contribution in [3.8, 4) is 0 Å². The van der Waals surface area contributed by atoms with Crippen LogP contribution in [0.15, 0.2) is 24.3 Å². The third-order valence-corrected chi connectivity index (χ3v) is 2.55. The third-order valence-electron chi connectivity index (χ3n) is 2.18. The average molecular weight is 164 g/mol. The van der Waals surface area contributed by atoms with Crippen LogP contribution in [0.4, 0.5) is 0 Å². The van der Waals surface area contributed by atoms with Crippen LogP contribution in [0, 0.1) is 0 Å². The van der Waals surface area contributed by atoms with Gasteiger partial charge in [-0.2, -0.15) is 12.6 Å². The molecule has 2 rings (SSSR count). The highest BCUT2D eigenvalue weighted by molar-refractivity contribution is 7.79. The third kappa shape index (κ3) is 1.59. The quantitative estimate of drug-likeness (QED) is 0.638. The SMILES string of the molecule is SCc1cccc(C2CC2)c1. The van der Waals surface area contributed by atoms with Crippen LogP contribution in [0.1, 0.15) is 29.9 Å². The van der Waals surface area contributed by atoms with E-state index in [1.165, 1.54) is 24.0 Å². The van der Waals surface area contributed by atoms with Crippen molar-refractivity contribution in [3.05, 3.63) is 35.4 Å². The normalized spacial score (nSPS) is 16.8.